The first-order valence-corrected chi connectivity index (χ1v) is 5.98. The summed E-state index contributed by atoms with van der Waals surface area (Å²) in [7, 11) is 0. The number of hydrogen-bond acceptors (Lipinski definition) is 2. The molecule has 2 aromatic rings. The Kier molecular flexibility index (Phi) is 3.54. The van der Waals surface area contributed by atoms with Gasteiger partial charge in [-0.2, -0.15) is 0 Å². The van der Waals surface area contributed by atoms with Crippen LogP contribution in [0.4, 0.5) is 0 Å². The molecular formula is C13H14OS. The lowest BCUT2D eigenvalue weighted by Gasteiger charge is -2.01. The second-order valence-corrected chi connectivity index (χ2v) is 4.51. The molecule has 0 bridgehead atoms. The van der Waals surface area contributed by atoms with Gasteiger partial charge in [0.25, 0.3) is 0 Å². The maximum atomic E-state index is 9.11. The number of aryl methyl sites for hydroxylation is 2. The molecule has 0 unspecified atom stereocenters. The van der Waals surface area contributed by atoms with Crippen molar-refractivity contribution in [2.45, 2.75) is 19.4 Å². The SMILES string of the molecule is OCc1ccsc1CCc1ccccc1. The molecule has 0 saturated heterocycles. The maximum Gasteiger partial charge on any atom is 0.0692 e. The van der Waals surface area contributed by atoms with E-state index in [9.17, 15) is 0 Å². The van der Waals surface area contributed by atoms with Gasteiger partial charge in [-0.25, -0.2) is 0 Å². The first-order chi connectivity index (χ1) is 7.40. The zero-order chi connectivity index (χ0) is 10.5. The van der Waals surface area contributed by atoms with E-state index in [1.54, 1.807) is 11.3 Å². The Balaban J connectivity index is 1.99. The fraction of sp³-hybridized carbons (Fsp3) is 0.231. The van der Waals surface area contributed by atoms with Gasteiger partial charge in [0.05, 0.1) is 6.61 Å². The first kappa shape index (κ1) is 10.4. The van der Waals surface area contributed by atoms with Gasteiger partial charge in [0.2, 0.25) is 0 Å². The van der Waals surface area contributed by atoms with E-state index < -0.39 is 0 Å². The van der Waals surface area contributed by atoms with E-state index >= 15 is 0 Å². The van der Waals surface area contributed by atoms with Crippen LogP contribution < -0.4 is 0 Å². The topological polar surface area (TPSA) is 20.2 Å². The largest absolute Gasteiger partial charge is 0.392 e. The molecule has 0 saturated carbocycles. The van der Waals surface area contributed by atoms with Gasteiger partial charge in [-0.3, -0.25) is 0 Å². The minimum atomic E-state index is 0.160. The van der Waals surface area contributed by atoms with Crippen LogP contribution >= 0.6 is 11.3 Å². The molecule has 1 heterocycles. The minimum Gasteiger partial charge on any atom is -0.392 e. The van der Waals surface area contributed by atoms with Crippen LogP contribution in [-0.2, 0) is 19.4 Å². The Hall–Kier alpha value is -1.12. The smallest absolute Gasteiger partial charge is 0.0692 e. The Morgan fingerprint density at radius 3 is 2.53 bits per heavy atom. The van der Waals surface area contributed by atoms with Crippen molar-refractivity contribution in [2.24, 2.45) is 0 Å². The number of benzene rings is 1. The van der Waals surface area contributed by atoms with Crippen molar-refractivity contribution in [3.8, 4) is 0 Å². The highest BCUT2D eigenvalue weighted by molar-refractivity contribution is 7.10. The van der Waals surface area contributed by atoms with Crippen LogP contribution in [0.2, 0.25) is 0 Å². The molecule has 1 aromatic heterocycles. The van der Waals surface area contributed by atoms with Crippen LogP contribution in [0, 0.1) is 0 Å². The van der Waals surface area contributed by atoms with Crippen LogP contribution in [0.25, 0.3) is 0 Å². The summed E-state index contributed by atoms with van der Waals surface area (Å²) in [5.41, 5.74) is 2.44. The van der Waals surface area contributed by atoms with Crippen LogP contribution in [-0.4, -0.2) is 5.11 Å². The average Bonchev–Trinajstić information content (AvgIpc) is 2.75. The average molecular weight is 218 g/mol. The molecule has 0 amide bonds. The molecule has 0 aliphatic heterocycles. The second-order valence-electron chi connectivity index (χ2n) is 3.51. The number of thiophene rings is 1. The molecule has 15 heavy (non-hydrogen) atoms. The van der Waals surface area contributed by atoms with E-state index in [1.807, 2.05) is 17.5 Å². The van der Waals surface area contributed by atoms with E-state index in [0.717, 1.165) is 18.4 Å². The number of hydrogen-bond donors (Lipinski definition) is 1. The van der Waals surface area contributed by atoms with Crippen molar-refractivity contribution in [1.82, 2.24) is 0 Å². The summed E-state index contributed by atoms with van der Waals surface area (Å²) in [6.45, 7) is 0.160. The molecule has 0 spiro atoms. The summed E-state index contributed by atoms with van der Waals surface area (Å²) in [4.78, 5) is 1.31. The van der Waals surface area contributed by atoms with E-state index in [0.29, 0.717) is 0 Å². The van der Waals surface area contributed by atoms with Crippen molar-refractivity contribution < 1.29 is 5.11 Å². The highest BCUT2D eigenvalue weighted by atomic mass is 32.1. The van der Waals surface area contributed by atoms with Crippen molar-refractivity contribution >= 4 is 11.3 Å². The summed E-state index contributed by atoms with van der Waals surface area (Å²) in [6, 6.07) is 12.5. The maximum absolute atomic E-state index is 9.11. The highest BCUT2D eigenvalue weighted by Crippen LogP contribution is 2.19. The molecule has 0 atom stereocenters. The fourth-order valence-corrected chi connectivity index (χ4v) is 2.53. The van der Waals surface area contributed by atoms with Crippen molar-refractivity contribution in [3.63, 3.8) is 0 Å². The van der Waals surface area contributed by atoms with E-state index in [2.05, 4.69) is 24.3 Å². The zero-order valence-corrected chi connectivity index (χ0v) is 9.33. The van der Waals surface area contributed by atoms with Crippen LogP contribution in [0.3, 0.4) is 0 Å². The third-order valence-electron chi connectivity index (χ3n) is 2.49. The quantitative estimate of drug-likeness (QED) is 0.836. The third-order valence-corrected chi connectivity index (χ3v) is 3.51. The molecule has 0 fully saturated rings. The van der Waals surface area contributed by atoms with Gasteiger partial charge < -0.3 is 5.11 Å². The predicted octanol–water partition coefficient (Wildman–Crippen LogP) is 3.03. The molecule has 1 aromatic carbocycles. The summed E-state index contributed by atoms with van der Waals surface area (Å²) in [5, 5.41) is 11.2. The standard InChI is InChI=1S/C13H14OS/c14-10-12-8-9-15-13(12)7-6-11-4-2-1-3-5-11/h1-5,8-9,14H,6-7,10H2. The van der Waals surface area contributed by atoms with Gasteiger partial charge in [-0.15, -0.1) is 11.3 Å². The summed E-state index contributed by atoms with van der Waals surface area (Å²) >= 11 is 1.73. The molecule has 0 radical (unpaired) electrons. The van der Waals surface area contributed by atoms with Gasteiger partial charge in [0.15, 0.2) is 0 Å². The summed E-state index contributed by atoms with van der Waals surface area (Å²) in [6.07, 6.45) is 2.08. The molecule has 2 rings (SSSR count). The second kappa shape index (κ2) is 5.10. The van der Waals surface area contributed by atoms with E-state index in [4.69, 9.17) is 5.11 Å². The van der Waals surface area contributed by atoms with E-state index in [-0.39, 0.29) is 6.61 Å². The Morgan fingerprint density at radius 2 is 1.80 bits per heavy atom. The van der Waals surface area contributed by atoms with Crippen molar-refractivity contribution in [1.29, 1.82) is 0 Å². The van der Waals surface area contributed by atoms with Gasteiger partial charge >= 0.3 is 0 Å². The van der Waals surface area contributed by atoms with Crippen LogP contribution in [0.5, 0.6) is 0 Å². The Bertz CT molecular complexity index is 405. The van der Waals surface area contributed by atoms with Gasteiger partial charge in [0.1, 0.15) is 0 Å². The molecule has 1 nitrogen and oxygen atoms in total. The Morgan fingerprint density at radius 1 is 1.00 bits per heavy atom. The van der Waals surface area contributed by atoms with Crippen LogP contribution in [0.15, 0.2) is 41.8 Å². The molecule has 0 aliphatic rings. The lowest BCUT2D eigenvalue weighted by Crippen LogP contribution is -1.92. The van der Waals surface area contributed by atoms with Gasteiger partial charge in [-0.05, 0) is 35.4 Å². The zero-order valence-electron chi connectivity index (χ0n) is 8.52. The fourth-order valence-electron chi connectivity index (χ4n) is 1.63. The normalized spacial score (nSPS) is 10.5. The minimum absolute atomic E-state index is 0.160. The predicted molar refractivity (Wildman–Crippen MR) is 64.1 cm³/mol. The molecular weight excluding hydrogens is 204 g/mol. The number of aliphatic hydroxyl groups is 1. The van der Waals surface area contributed by atoms with Gasteiger partial charge in [0, 0.05) is 4.88 Å². The van der Waals surface area contributed by atoms with Gasteiger partial charge in [-0.1, -0.05) is 30.3 Å². The summed E-state index contributed by atoms with van der Waals surface area (Å²) in [5.74, 6) is 0. The molecule has 0 aliphatic carbocycles. The van der Waals surface area contributed by atoms with Crippen LogP contribution in [0.1, 0.15) is 16.0 Å². The summed E-state index contributed by atoms with van der Waals surface area (Å²) < 4.78 is 0. The van der Waals surface area contributed by atoms with Crippen molar-refractivity contribution in [2.75, 3.05) is 0 Å². The third kappa shape index (κ3) is 2.67. The molecule has 2 heteroatoms. The number of aliphatic hydroxyl groups excluding tert-OH is 1. The van der Waals surface area contributed by atoms with E-state index in [1.165, 1.54) is 10.4 Å². The first-order valence-electron chi connectivity index (χ1n) is 5.10. The lowest BCUT2D eigenvalue weighted by atomic mass is 10.1. The molecule has 1 N–H and O–H groups in total. The highest BCUT2D eigenvalue weighted by Gasteiger charge is 2.02. The molecule has 78 valence electrons. The number of rotatable bonds is 4. The van der Waals surface area contributed by atoms with Crippen molar-refractivity contribution in [3.05, 3.63) is 57.8 Å². The lowest BCUT2D eigenvalue weighted by molar-refractivity contribution is 0.281. The monoisotopic (exact) mass is 218 g/mol. The Labute approximate surface area is 94.0 Å².